The minimum absolute atomic E-state index is 0.129. The van der Waals surface area contributed by atoms with Crippen molar-refractivity contribution in [3.05, 3.63) is 58.6 Å². The van der Waals surface area contributed by atoms with Crippen LogP contribution in [0.2, 0.25) is 5.02 Å². The van der Waals surface area contributed by atoms with E-state index in [1.807, 2.05) is 22.9 Å². The summed E-state index contributed by atoms with van der Waals surface area (Å²) in [5.74, 6) is -0.271. The molecular weight excluding hydrogens is 263 g/mol. The number of halogens is 2. The normalized spacial score (nSPS) is 12.6. The smallest absolute Gasteiger partial charge is 0.129 e. The first kappa shape index (κ1) is 14.1. The Morgan fingerprint density at radius 2 is 2.11 bits per heavy atom. The third-order valence-corrected chi connectivity index (χ3v) is 3.66. The second-order valence-electron chi connectivity index (χ2n) is 4.70. The lowest BCUT2D eigenvalue weighted by atomic mass is 10.1. The fraction of sp³-hybridized carbons (Fsp3) is 0.333. The maximum atomic E-state index is 13.8. The van der Waals surface area contributed by atoms with E-state index >= 15 is 0 Å². The summed E-state index contributed by atoms with van der Waals surface area (Å²) in [6.07, 6.45) is 3.64. The molecule has 0 bridgehead atoms. The zero-order chi connectivity index (χ0) is 13.8. The topological polar surface area (TPSA) is 30.9 Å². The predicted molar refractivity (Wildman–Crippen MR) is 76.9 cm³/mol. The molecule has 0 aliphatic heterocycles. The zero-order valence-corrected chi connectivity index (χ0v) is 11.7. The number of nitrogens with two attached hydrogens (primary N) is 1. The van der Waals surface area contributed by atoms with Crippen molar-refractivity contribution in [2.24, 2.45) is 5.73 Å². The molecule has 1 aromatic carbocycles. The predicted octanol–water partition coefficient (Wildman–Crippen LogP) is 3.61. The standard InChI is InChI=1S/C15H18ClFN2/c1-2-11(18)9-12-5-4-8-19(12)10-13-14(16)6-3-7-15(13)17/h3-8,11H,2,9-10,18H2,1H3. The van der Waals surface area contributed by atoms with Crippen molar-refractivity contribution in [2.75, 3.05) is 0 Å². The number of hydrogen-bond donors (Lipinski definition) is 1. The first-order chi connectivity index (χ1) is 9.11. The van der Waals surface area contributed by atoms with Gasteiger partial charge in [-0.3, -0.25) is 0 Å². The van der Waals surface area contributed by atoms with Gasteiger partial charge in [-0.15, -0.1) is 0 Å². The first-order valence-corrected chi connectivity index (χ1v) is 6.82. The van der Waals surface area contributed by atoms with E-state index in [1.165, 1.54) is 6.07 Å². The molecule has 0 amide bonds. The van der Waals surface area contributed by atoms with Crippen LogP contribution < -0.4 is 5.73 Å². The van der Waals surface area contributed by atoms with Gasteiger partial charge < -0.3 is 10.3 Å². The van der Waals surface area contributed by atoms with Crippen LogP contribution in [0.25, 0.3) is 0 Å². The second kappa shape index (κ2) is 6.22. The molecule has 102 valence electrons. The van der Waals surface area contributed by atoms with Crippen LogP contribution in [0.5, 0.6) is 0 Å². The van der Waals surface area contributed by atoms with Crippen LogP contribution in [-0.4, -0.2) is 10.6 Å². The van der Waals surface area contributed by atoms with Crippen LogP contribution in [0.15, 0.2) is 36.5 Å². The van der Waals surface area contributed by atoms with E-state index in [2.05, 4.69) is 6.92 Å². The van der Waals surface area contributed by atoms with E-state index in [1.54, 1.807) is 12.1 Å². The molecule has 2 nitrogen and oxygen atoms in total. The minimum atomic E-state index is -0.271. The number of benzene rings is 1. The number of hydrogen-bond acceptors (Lipinski definition) is 1. The van der Waals surface area contributed by atoms with E-state index in [9.17, 15) is 4.39 Å². The van der Waals surface area contributed by atoms with Gasteiger partial charge in [-0.25, -0.2) is 4.39 Å². The highest BCUT2D eigenvalue weighted by Gasteiger charge is 2.11. The molecule has 0 radical (unpaired) electrons. The highest BCUT2D eigenvalue weighted by atomic mass is 35.5. The van der Waals surface area contributed by atoms with Gasteiger partial charge in [0.25, 0.3) is 0 Å². The highest BCUT2D eigenvalue weighted by molar-refractivity contribution is 6.31. The average Bonchev–Trinajstić information content (AvgIpc) is 2.81. The molecule has 0 aliphatic carbocycles. The van der Waals surface area contributed by atoms with Gasteiger partial charge in [0.05, 0.1) is 6.54 Å². The SMILES string of the molecule is CCC(N)Cc1cccn1Cc1c(F)cccc1Cl. The summed E-state index contributed by atoms with van der Waals surface area (Å²) in [5, 5.41) is 0.458. The summed E-state index contributed by atoms with van der Waals surface area (Å²) < 4.78 is 15.8. The van der Waals surface area contributed by atoms with Crippen molar-refractivity contribution >= 4 is 11.6 Å². The van der Waals surface area contributed by atoms with Gasteiger partial charge in [0.2, 0.25) is 0 Å². The summed E-state index contributed by atoms with van der Waals surface area (Å²) in [6.45, 7) is 2.50. The Labute approximate surface area is 118 Å². The highest BCUT2D eigenvalue weighted by Crippen LogP contribution is 2.21. The Balaban J connectivity index is 2.22. The van der Waals surface area contributed by atoms with Gasteiger partial charge >= 0.3 is 0 Å². The monoisotopic (exact) mass is 280 g/mol. The molecule has 2 rings (SSSR count). The van der Waals surface area contributed by atoms with Crippen molar-refractivity contribution in [2.45, 2.75) is 32.4 Å². The van der Waals surface area contributed by atoms with Gasteiger partial charge in [-0.2, -0.15) is 0 Å². The molecule has 2 N–H and O–H groups in total. The maximum absolute atomic E-state index is 13.8. The lowest BCUT2D eigenvalue weighted by molar-refractivity contribution is 0.582. The summed E-state index contributed by atoms with van der Waals surface area (Å²) in [6, 6.07) is 8.86. The van der Waals surface area contributed by atoms with Crippen LogP contribution >= 0.6 is 11.6 Å². The average molecular weight is 281 g/mol. The molecule has 0 aliphatic rings. The fourth-order valence-electron chi connectivity index (χ4n) is 2.06. The third-order valence-electron chi connectivity index (χ3n) is 3.31. The molecule has 19 heavy (non-hydrogen) atoms. The summed E-state index contributed by atoms with van der Waals surface area (Å²) in [5.41, 5.74) is 7.60. The van der Waals surface area contributed by atoms with E-state index in [0.717, 1.165) is 18.5 Å². The largest absolute Gasteiger partial charge is 0.347 e. The zero-order valence-electron chi connectivity index (χ0n) is 10.9. The fourth-order valence-corrected chi connectivity index (χ4v) is 2.28. The van der Waals surface area contributed by atoms with Crippen LogP contribution in [0.3, 0.4) is 0 Å². The minimum Gasteiger partial charge on any atom is -0.347 e. The molecule has 0 fully saturated rings. The molecule has 0 saturated carbocycles. The van der Waals surface area contributed by atoms with E-state index < -0.39 is 0 Å². The Kier molecular flexibility index (Phi) is 4.61. The Bertz CT molecular complexity index is 531. The van der Waals surface area contributed by atoms with Crippen molar-refractivity contribution < 1.29 is 4.39 Å². The van der Waals surface area contributed by atoms with Crippen molar-refractivity contribution in [1.29, 1.82) is 0 Å². The van der Waals surface area contributed by atoms with Crippen molar-refractivity contribution in [3.8, 4) is 0 Å². The molecule has 1 unspecified atom stereocenters. The van der Waals surface area contributed by atoms with Crippen LogP contribution in [0, 0.1) is 5.82 Å². The lowest BCUT2D eigenvalue weighted by Crippen LogP contribution is -2.23. The number of rotatable bonds is 5. The van der Waals surface area contributed by atoms with E-state index in [4.69, 9.17) is 17.3 Å². The quantitative estimate of drug-likeness (QED) is 0.891. The van der Waals surface area contributed by atoms with Gasteiger partial charge in [0.15, 0.2) is 0 Å². The van der Waals surface area contributed by atoms with Gasteiger partial charge in [0, 0.05) is 34.9 Å². The van der Waals surface area contributed by atoms with Crippen molar-refractivity contribution in [1.82, 2.24) is 4.57 Å². The van der Waals surface area contributed by atoms with Crippen molar-refractivity contribution in [3.63, 3.8) is 0 Å². The molecule has 4 heteroatoms. The molecule has 1 heterocycles. The molecule has 0 spiro atoms. The summed E-state index contributed by atoms with van der Waals surface area (Å²) in [4.78, 5) is 0. The molecule has 1 aromatic heterocycles. The van der Waals surface area contributed by atoms with Gasteiger partial charge in [-0.05, 0) is 30.7 Å². The Hall–Kier alpha value is -1.32. The Morgan fingerprint density at radius 1 is 1.32 bits per heavy atom. The molecule has 2 aromatic rings. The van der Waals surface area contributed by atoms with E-state index in [0.29, 0.717) is 17.1 Å². The van der Waals surface area contributed by atoms with Gasteiger partial charge in [0.1, 0.15) is 5.82 Å². The molecular formula is C15H18ClFN2. The third kappa shape index (κ3) is 3.37. The van der Waals surface area contributed by atoms with Crippen LogP contribution in [0.4, 0.5) is 4.39 Å². The lowest BCUT2D eigenvalue weighted by Gasteiger charge is -2.14. The molecule has 1 atom stereocenters. The second-order valence-corrected chi connectivity index (χ2v) is 5.11. The number of aromatic nitrogens is 1. The van der Waals surface area contributed by atoms with Crippen LogP contribution in [0.1, 0.15) is 24.6 Å². The number of nitrogens with zero attached hydrogens (tertiary/aromatic N) is 1. The summed E-state index contributed by atoms with van der Waals surface area (Å²) in [7, 11) is 0. The van der Waals surface area contributed by atoms with E-state index in [-0.39, 0.29) is 11.9 Å². The maximum Gasteiger partial charge on any atom is 0.129 e. The van der Waals surface area contributed by atoms with Crippen LogP contribution in [-0.2, 0) is 13.0 Å². The molecule has 0 saturated heterocycles. The summed E-state index contributed by atoms with van der Waals surface area (Å²) >= 11 is 6.05. The first-order valence-electron chi connectivity index (χ1n) is 6.44. The van der Waals surface area contributed by atoms with Gasteiger partial charge in [-0.1, -0.05) is 24.6 Å². The Morgan fingerprint density at radius 3 is 2.79 bits per heavy atom.